The van der Waals surface area contributed by atoms with Crippen molar-refractivity contribution in [1.82, 2.24) is 0 Å². The predicted molar refractivity (Wildman–Crippen MR) is 78.1 cm³/mol. The maximum atomic E-state index is 13.8. The summed E-state index contributed by atoms with van der Waals surface area (Å²) in [4.78, 5) is 11.0. The molecule has 0 aliphatic heterocycles. The molecule has 1 saturated carbocycles. The zero-order valence-electron chi connectivity index (χ0n) is 11.7. The van der Waals surface area contributed by atoms with Crippen LogP contribution < -0.4 is 10.1 Å². The number of ether oxygens (including phenoxy) is 1. The number of rotatable bonds is 5. The zero-order chi connectivity index (χ0) is 14.8. The van der Waals surface area contributed by atoms with Crippen LogP contribution in [0.4, 0.5) is 10.1 Å². The molecule has 2 rings (SSSR count). The fourth-order valence-electron chi connectivity index (χ4n) is 2.48. The number of hydrogen-bond donors (Lipinski definition) is 1. The van der Waals surface area contributed by atoms with E-state index in [1.807, 2.05) is 6.92 Å². The summed E-state index contributed by atoms with van der Waals surface area (Å²) in [7, 11) is 0. The molecule has 1 fully saturated rings. The van der Waals surface area contributed by atoms with Gasteiger partial charge in [0, 0.05) is 18.7 Å². The first kappa shape index (κ1) is 15.1. The van der Waals surface area contributed by atoms with Crippen LogP contribution in [0.1, 0.15) is 33.1 Å². The summed E-state index contributed by atoms with van der Waals surface area (Å²) in [5.74, 6) is 0.605. The van der Waals surface area contributed by atoms with E-state index in [1.54, 1.807) is 18.2 Å². The van der Waals surface area contributed by atoms with Crippen molar-refractivity contribution in [2.45, 2.75) is 38.8 Å². The molecule has 0 unspecified atom stereocenters. The minimum atomic E-state index is -1.00. The van der Waals surface area contributed by atoms with Crippen LogP contribution in [0, 0.1) is 5.92 Å². The van der Waals surface area contributed by atoms with E-state index in [0.717, 1.165) is 0 Å². The van der Waals surface area contributed by atoms with Gasteiger partial charge in [-0.25, -0.2) is 4.39 Å². The van der Waals surface area contributed by atoms with Gasteiger partial charge in [-0.15, -0.1) is 0 Å². The molecule has 1 N–H and O–H groups in total. The Bertz CT molecular complexity index is 501. The summed E-state index contributed by atoms with van der Waals surface area (Å²) in [6, 6.07) is 5.07. The molecule has 0 radical (unpaired) electrons. The Morgan fingerprint density at radius 1 is 1.55 bits per heavy atom. The highest BCUT2D eigenvalue weighted by atomic mass is 35.5. The van der Waals surface area contributed by atoms with Crippen molar-refractivity contribution < 1.29 is 13.9 Å². The number of alkyl halides is 1. The third-order valence-electron chi connectivity index (χ3n) is 3.67. The van der Waals surface area contributed by atoms with Gasteiger partial charge in [-0.3, -0.25) is 4.79 Å². The van der Waals surface area contributed by atoms with Gasteiger partial charge in [0.05, 0.1) is 11.6 Å². The van der Waals surface area contributed by atoms with Gasteiger partial charge in [0.1, 0.15) is 11.4 Å². The van der Waals surface area contributed by atoms with E-state index in [2.05, 4.69) is 5.32 Å². The van der Waals surface area contributed by atoms with E-state index in [1.165, 1.54) is 6.92 Å². The minimum absolute atomic E-state index is 0.151. The summed E-state index contributed by atoms with van der Waals surface area (Å²) in [6.07, 6.45) is 1.65. The Morgan fingerprint density at radius 3 is 2.85 bits per heavy atom. The van der Waals surface area contributed by atoms with Crippen LogP contribution >= 0.6 is 11.6 Å². The molecular weight excluding hydrogens is 281 g/mol. The maximum Gasteiger partial charge on any atom is 0.221 e. The van der Waals surface area contributed by atoms with Crippen LogP contribution in [0.3, 0.4) is 0 Å². The Balaban J connectivity index is 1.91. The molecule has 0 atom stereocenters. The molecule has 1 aromatic carbocycles. The number of benzene rings is 1. The molecule has 3 nitrogen and oxygen atoms in total. The second kappa shape index (κ2) is 6.00. The quantitative estimate of drug-likeness (QED) is 0.884. The minimum Gasteiger partial charge on any atom is -0.492 e. The fraction of sp³-hybridized carbons (Fsp3) is 0.533. The van der Waals surface area contributed by atoms with Gasteiger partial charge in [0.15, 0.2) is 0 Å². The number of carbonyl (C=O) groups excluding carboxylic acids is 1. The van der Waals surface area contributed by atoms with Crippen LogP contribution in [0.15, 0.2) is 18.2 Å². The first-order valence-electron chi connectivity index (χ1n) is 6.81. The highest BCUT2D eigenvalue weighted by Gasteiger charge is 2.43. The van der Waals surface area contributed by atoms with Gasteiger partial charge in [-0.1, -0.05) is 18.5 Å². The number of anilines is 1. The van der Waals surface area contributed by atoms with E-state index >= 15 is 0 Å². The summed E-state index contributed by atoms with van der Waals surface area (Å²) >= 11 is 6.05. The number of hydrogen-bond acceptors (Lipinski definition) is 2. The molecule has 20 heavy (non-hydrogen) atoms. The van der Waals surface area contributed by atoms with Crippen LogP contribution in [0.2, 0.25) is 5.02 Å². The lowest BCUT2D eigenvalue weighted by Gasteiger charge is -2.40. The first-order valence-corrected chi connectivity index (χ1v) is 7.18. The largest absolute Gasteiger partial charge is 0.492 e. The van der Waals surface area contributed by atoms with Crippen molar-refractivity contribution in [1.29, 1.82) is 0 Å². The Labute approximate surface area is 123 Å². The maximum absolute atomic E-state index is 13.8. The first-order chi connectivity index (χ1) is 9.42. The molecule has 0 heterocycles. The number of amides is 1. The van der Waals surface area contributed by atoms with E-state index in [-0.39, 0.29) is 11.8 Å². The Kier molecular flexibility index (Phi) is 4.53. The molecule has 0 saturated heterocycles. The summed E-state index contributed by atoms with van der Waals surface area (Å²) in [5, 5.41) is 3.16. The van der Waals surface area contributed by atoms with Crippen LogP contribution in [-0.4, -0.2) is 18.2 Å². The lowest BCUT2D eigenvalue weighted by atomic mass is 9.71. The second-order valence-corrected chi connectivity index (χ2v) is 5.82. The molecule has 1 aliphatic carbocycles. The van der Waals surface area contributed by atoms with Gasteiger partial charge in [-0.05, 0) is 37.3 Å². The van der Waals surface area contributed by atoms with E-state index in [9.17, 15) is 9.18 Å². The standard InChI is InChI=1S/C15H19ClFNO2/c1-3-15(17)7-11(8-15)9-20-14-6-12(18-10(2)19)4-5-13(14)16/h4-6,11H,3,7-9H2,1-2H3,(H,18,19). The fourth-order valence-corrected chi connectivity index (χ4v) is 2.66. The predicted octanol–water partition coefficient (Wildman–Crippen LogP) is 4.21. The summed E-state index contributed by atoms with van der Waals surface area (Å²) in [6.45, 7) is 3.76. The molecule has 0 aromatic heterocycles. The van der Waals surface area contributed by atoms with E-state index < -0.39 is 5.67 Å². The Morgan fingerprint density at radius 2 is 2.25 bits per heavy atom. The van der Waals surface area contributed by atoms with Crippen molar-refractivity contribution >= 4 is 23.2 Å². The smallest absolute Gasteiger partial charge is 0.221 e. The van der Waals surface area contributed by atoms with Crippen LogP contribution in [0.25, 0.3) is 0 Å². The SMILES string of the molecule is CCC1(F)CC(COc2cc(NC(C)=O)ccc2Cl)C1. The van der Waals surface area contributed by atoms with Gasteiger partial charge in [0.25, 0.3) is 0 Å². The van der Waals surface area contributed by atoms with E-state index in [0.29, 0.717) is 42.3 Å². The Hall–Kier alpha value is -1.29. The number of carbonyl (C=O) groups is 1. The lowest BCUT2D eigenvalue weighted by Crippen LogP contribution is -2.41. The molecule has 1 aliphatic rings. The summed E-state index contributed by atoms with van der Waals surface area (Å²) in [5.41, 5.74) is -0.366. The third-order valence-corrected chi connectivity index (χ3v) is 3.98. The van der Waals surface area contributed by atoms with Crippen molar-refractivity contribution in [3.8, 4) is 5.75 Å². The normalized spacial score (nSPS) is 24.9. The second-order valence-electron chi connectivity index (χ2n) is 5.42. The van der Waals surface area contributed by atoms with Gasteiger partial charge in [-0.2, -0.15) is 0 Å². The molecule has 0 spiro atoms. The highest BCUT2D eigenvalue weighted by molar-refractivity contribution is 6.32. The number of nitrogens with one attached hydrogen (secondary N) is 1. The lowest BCUT2D eigenvalue weighted by molar-refractivity contribution is -0.114. The van der Waals surface area contributed by atoms with E-state index in [4.69, 9.17) is 16.3 Å². The van der Waals surface area contributed by atoms with Crippen LogP contribution in [0.5, 0.6) is 5.75 Å². The summed E-state index contributed by atoms with van der Waals surface area (Å²) < 4.78 is 19.4. The van der Waals surface area contributed by atoms with Crippen molar-refractivity contribution in [3.63, 3.8) is 0 Å². The molecule has 0 bridgehead atoms. The average Bonchev–Trinajstić information content (AvgIpc) is 2.36. The third kappa shape index (κ3) is 3.63. The van der Waals surface area contributed by atoms with Crippen molar-refractivity contribution in [2.24, 2.45) is 5.92 Å². The molecule has 110 valence electrons. The monoisotopic (exact) mass is 299 g/mol. The molecule has 1 amide bonds. The molecular formula is C15H19ClFNO2. The topological polar surface area (TPSA) is 38.3 Å². The average molecular weight is 300 g/mol. The van der Waals surface area contributed by atoms with Crippen molar-refractivity contribution in [2.75, 3.05) is 11.9 Å². The zero-order valence-corrected chi connectivity index (χ0v) is 12.5. The van der Waals surface area contributed by atoms with Gasteiger partial charge >= 0.3 is 0 Å². The van der Waals surface area contributed by atoms with Gasteiger partial charge < -0.3 is 10.1 Å². The molecule has 5 heteroatoms. The number of halogens is 2. The van der Waals surface area contributed by atoms with Crippen molar-refractivity contribution in [3.05, 3.63) is 23.2 Å². The van der Waals surface area contributed by atoms with Gasteiger partial charge in [0.2, 0.25) is 5.91 Å². The molecule has 1 aromatic rings. The highest BCUT2D eigenvalue weighted by Crippen LogP contribution is 2.44. The van der Waals surface area contributed by atoms with Crippen LogP contribution in [-0.2, 0) is 4.79 Å².